The molecule has 1 aromatic rings. The zero-order valence-electron chi connectivity index (χ0n) is 11.9. The standard InChI is InChI=1S/C16H22N2O.ClH/c1-11-5-2-3-7-13(11)14-9-15(14)16(19)18-8-4-6-12(17)10-18;/h2-3,5,7,12,14-15H,4,6,8-10,17H2,1H3;1H. The molecule has 3 nitrogen and oxygen atoms in total. The molecule has 0 bridgehead atoms. The summed E-state index contributed by atoms with van der Waals surface area (Å²) in [7, 11) is 0. The lowest BCUT2D eigenvalue weighted by molar-refractivity contribution is -0.133. The monoisotopic (exact) mass is 294 g/mol. The molecule has 0 radical (unpaired) electrons. The van der Waals surface area contributed by atoms with Gasteiger partial charge in [-0.05, 0) is 43.2 Å². The van der Waals surface area contributed by atoms with Crippen LogP contribution in [0.25, 0.3) is 0 Å². The predicted molar refractivity (Wildman–Crippen MR) is 83.1 cm³/mol. The maximum atomic E-state index is 12.5. The number of carbonyl (C=O) groups excluding carboxylic acids is 1. The Bertz CT molecular complexity index is 491. The molecule has 110 valence electrons. The fourth-order valence-corrected chi connectivity index (χ4v) is 3.26. The number of piperidine rings is 1. The number of aryl methyl sites for hydroxylation is 1. The molecule has 3 atom stereocenters. The minimum Gasteiger partial charge on any atom is -0.341 e. The van der Waals surface area contributed by atoms with Crippen LogP contribution in [0.15, 0.2) is 24.3 Å². The maximum Gasteiger partial charge on any atom is 0.226 e. The highest BCUT2D eigenvalue weighted by molar-refractivity contribution is 5.85. The lowest BCUT2D eigenvalue weighted by Gasteiger charge is -2.31. The summed E-state index contributed by atoms with van der Waals surface area (Å²) in [6, 6.07) is 8.59. The summed E-state index contributed by atoms with van der Waals surface area (Å²) in [6.45, 7) is 3.77. The molecule has 1 aromatic carbocycles. The molecule has 1 heterocycles. The fraction of sp³-hybridized carbons (Fsp3) is 0.562. The lowest BCUT2D eigenvalue weighted by Crippen LogP contribution is -2.46. The fourth-order valence-electron chi connectivity index (χ4n) is 3.26. The van der Waals surface area contributed by atoms with Crippen molar-refractivity contribution in [2.24, 2.45) is 11.7 Å². The second-order valence-corrected chi connectivity index (χ2v) is 5.99. The highest BCUT2D eigenvalue weighted by Crippen LogP contribution is 2.49. The number of likely N-dealkylation sites (tertiary alicyclic amines) is 1. The van der Waals surface area contributed by atoms with Crippen LogP contribution in [0.4, 0.5) is 0 Å². The molecular formula is C16H23ClN2O. The largest absolute Gasteiger partial charge is 0.341 e. The Hall–Kier alpha value is -1.06. The van der Waals surface area contributed by atoms with Gasteiger partial charge in [0.25, 0.3) is 0 Å². The number of amides is 1. The molecule has 2 fully saturated rings. The SMILES string of the molecule is Cc1ccccc1C1CC1C(=O)N1CCCC(N)C1.Cl. The van der Waals surface area contributed by atoms with Gasteiger partial charge in [0, 0.05) is 25.0 Å². The number of nitrogens with zero attached hydrogens (tertiary/aromatic N) is 1. The zero-order valence-corrected chi connectivity index (χ0v) is 12.7. The summed E-state index contributed by atoms with van der Waals surface area (Å²) in [6.07, 6.45) is 3.11. The first-order valence-electron chi connectivity index (χ1n) is 7.26. The van der Waals surface area contributed by atoms with Gasteiger partial charge in [0.15, 0.2) is 0 Å². The van der Waals surface area contributed by atoms with Crippen LogP contribution in [0.3, 0.4) is 0 Å². The molecule has 1 aliphatic heterocycles. The summed E-state index contributed by atoms with van der Waals surface area (Å²) in [5, 5.41) is 0. The van der Waals surface area contributed by atoms with E-state index in [0.29, 0.717) is 11.8 Å². The molecule has 2 aliphatic rings. The third kappa shape index (κ3) is 2.99. The number of rotatable bonds is 2. The minimum atomic E-state index is 0. The van der Waals surface area contributed by atoms with Gasteiger partial charge in [-0.15, -0.1) is 12.4 Å². The second kappa shape index (κ2) is 6.15. The van der Waals surface area contributed by atoms with Crippen LogP contribution < -0.4 is 5.73 Å². The van der Waals surface area contributed by atoms with Crippen LogP contribution in [0.2, 0.25) is 0 Å². The molecule has 1 saturated carbocycles. The lowest BCUT2D eigenvalue weighted by atomic mass is 10.0. The Morgan fingerprint density at radius 3 is 2.80 bits per heavy atom. The van der Waals surface area contributed by atoms with E-state index in [1.54, 1.807) is 0 Å². The average molecular weight is 295 g/mol. The van der Waals surface area contributed by atoms with E-state index in [1.807, 2.05) is 4.90 Å². The van der Waals surface area contributed by atoms with Crippen molar-refractivity contribution in [3.8, 4) is 0 Å². The highest BCUT2D eigenvalue weighted by atomic mass is 35.5. The van der Waals surface area contributed by atoms with Crippen LogP contribution in [0.5, 0.6) is 0 Å². The van der Waals surface area contributed by atoms with Crippen molar-refractivity contribution < 1.29 is 4.79 Å². The summed E-state index contributed by atoms with van der Waals surface area (Å²) >= 11 is 0. The van der Waals surface area contributed by atoms with Gasteiger partial charge >= 0.3 is 0 Å². The first-order chi connectivity index (χ1) is 9.16. The van der Waals surface area contributed by atoms with Gasteiger partial charge in [0.1, 0.15) is 0 Å². The molecule has 20 heavy (non-hydrogen) atoms. The number of nitrogens with two attached hydrogens (primary N) is 1. The number of benzene rings is 1. The van der Waals surface area contributed by atoms with Gasteiger partial charge in [0.05, 0.1) is 0 Å². The normalized spacial score (nSPS) is 28.7. The van der Waals surface area contributed by atoms with Crippen molar-refractivity contribution in [3.05, 3.63) is 35.4 Å². The van der Waals surface area contributed by atoms with E-state index >= 15 is 0 Å². The summed E-state index contributed by atoms with van der Waals surface area (Å²) in [4.78, 5) is 14.5. The van der Waals surface area contributed by atoms with Crippen molar-refractivity contribution >= 4 is 18.3 Å². The molecule has 0 spiro atoms. The molecule has 1 amide bonds. The summed E-state index contributed by atoms with van der Waals surface area (Å²) < 4.78 is 0. The van der Waals surface area contributed by atoms with E-state index in [0.717, 1.165) is 32.4 Å². The van der Waals surface area contributed by atoms with E-state index in [9.17, 15) is 4.79 Å². The van der Waals surface area contributed by atoms with Crippen molar-refractivity contribution in [2.75, 3.05) is 13.1 Å². The smallest absolute Gasteiger partial charge is 0.226 e. The third-order valence-electron chi connectivity index (χ3n) is 4.47. The van der Waals surface area contributed by atoms with Crippen LogP contribution in [-0.4, -0.2) is 29.9 Å². The van der Waals surface area contributed by atoms with Crippen molar-refractivity contribution in [1.29, 1.82) is 0 Å². The zero-order chi connectivity index (χ0) is 13.4. The molecule has 4 heteroatoms. The second-order valence-electron chi connectivity index (χ2n) is 5.99. The van der Waals surface area contributed by atoms with Gasteiger partial charge in [-0.2, -0.15) is 0 Å². The molecule has 1 saturated heterocycles. The minimum absolute atomic E-state index is 0. The molecule has 3 unspecified atom stereocenters. The Morgan fingerprint density at radius 1 is 1.35 bits per heavy atom. The average Bonchev–Trinajstić information content (AvgIpc) is 3.18. The van der Waals surface area contributed by atoms with E-state index in [2.05, 4.69) is 31.2 Å². The van der Waals surface area contributed by atoms with Gasteiger partial charge in [-0.25, -0.2) is 0 Å². The van der Waals surface area contributed by atoms with Crippen LogP contribution in [0, 0.1) is 12.8 Å². The number of hydrogen-bond acceptors (Lipinski definition) is 2. The summed E-state index contributed by atoms with van der Waals surface area (Å²) in [5.41, 5.74) is 8.61. The molecule has 2 N–H and O–H groups in total. The van der Waals surface area contributed by atoms with Crippen molar-refractivity contribution in [2.45, 2.75) is 38.1 Å². The van der Waals surface area contributed by atoms with Gasteiger partial charge in [0.2, 0.25) is 5.91 Å². The van der Waals surface area contributed by atoms with Gasteiger partial charge < -0.3 is 10.6 Å². The molecule has 0 aromatic heterocycles. The van der Waals surface area contributed by atoms with Crippen molar-refractivity contribution in [3.63, 3.8) is 0 Å². The predicted octanol–water partition coefficient (Wildman–Crippen LogP) is 2.47. The Labute approximate surface area is 126 Å². The highest BCUT2D eigenvalue weighted by Gasteiger charge is 2.46. The van der Waals surface area contributed by atoms with E-state index in [4.69, 9.17) is 5.73 Å². The van der Waals surface area contributed by atoms with E-state index < -0.39 is 0 Å². The van der Waals surface area contributed by atoms with Crippen LogP contribution in [0.1, 0.15) is 36.3 Å². The molecular weight excluding hydrogens is 272 g/mol. The summed E-state index contributed by atoms with van der Waals surface area (Å²) in [5.74, 6) is 0.960. The van der Waals surface area contributed by atoms with E-state index in [-0.39, 0.29) is 24.4 Å². The first kappa shape index (κ1) is 15.3. The quantitative estimate of drug-likeness (QED) is 0.911. The number of halogens is 1. The van der Waals surface area contributed by atoms with E-state index in [1.165, 1.54) is 11.1 Å². The number of hydrogen-bond donors (Lipinski definition) is 1. The van der Waals surface area contributed by atoms with Gasteiger partial charge in [-0.1, -0.05) is 24.3 Å². The van der Waals surface area contributed by atoms with Gasteiger partial charge in [-0.3, -0.25) is 4.79 Å². The molecule has 1 aliphatic carbocycles. The van der Waals surface area contributed by atoms with Crippen molar-refractivity contribution in [1.82, 2.24) is 4.90 Å². The Balaban J connectivity index is 0.00000147. The van der Waals surface area contributed by atoms with Crippen LogP contribution >= 0.6 is 12.4 Å². The molecule has 3 rings (SSSR count). The number of carbonyl (C=O) groups is 1. The first-order valence-corrected chi connectivity index (χ1v) is 7.26. The maximum absolute atomic E-state index is 12.5. The third-order valence-corrected chi connectivity index (χ3v) is 4.47. The van der Waals surface area contributed by atoms with Crippen LogP contribution in [-0.2, 0) is 4.79 Å². The Morgan fingerprint density at radius 2 is 2.10 bits per heavy atom. The topological polar surface area (TPSA) is 46.3 Å². The Kier molecular flexibility index (Phi) is 4.71.